The van der Waals surface area contributed by atoms with Gasteiger partial charge in [-0.3, -0.25) is 9.59 Å². The predicted molar refractivity (Wildman–Crippen MR) is 67.4 cm³/mol. The molecule has 2 bridgehead atoms. The fourth-order valence-corrected chi connectivity index (χ4v) is 2.71. The van der Waals surface area contributed by atoms with Gasteiger partial charge in [-0.15, -0.1) is 0 Å². The fraction of sp³-hybridized carbons (Fsp3) is 0.286. The number of hydrogen-bond donors (Lipinski definition) is 2. The van der Waals surface area contributed by atoms with Crippen LogP contribution in [-0.4, -0.2) is 29.2 Å². The van der Waals surface area contributed by atoms with Gasteiger partial charge in [0.2, 0.25) is 5.91 Å². The van der Waals surface area contributed by atoms with Gasteiger partial charge in [0.1, 0.15) is 11.7 Å². The zero-order chi connectivity index (χ0) is 14.3. The first kappa shape index (κ1) is 12.8. The molecule has 2 aliphatic heterocycles. The summed E-state index contributed by atoms with van der Waals surface area (Å²) >= 11 is 0. The topological polar surface area (TPSA) is 75.6 Å². The summed E-state index contributed by atoms with van der Waals surface area (Å²) in [6.45, 7) is 0. The van der Waals surface area contributed by atoms with Crippen LogP contribution in [0.2, 0.25) is 0 Å². The molecular weight excluding hydrogens is 265 g/mol. The van der Waals surface area contributed by atoms with Crippen molar-refractivity contribution in [2.45, 2.75) is 12.2 Å². The molecule has 1 saturated heterocycles. The quantitative estimate of drug-likeness (QED) is 0.819. The summed E-state index contributed by atoms with van der Waals surface area (Å²) in [5.74, 6) is -3.72. The molecule has 1 fully saturated rings. The summed E-state index contributed by atoms with van der Waals surface area (Å²) in [7, 11) is 0. The van der Waals surface area contributed by atoms with E-state index in [2.05, 4.69) is 5.32 Å². The Morgan fingerprint density at radius 1 is 1.20 bits per heavy atom. The number of anilines is 1. The molecule has 2 heterocycles. The number of ether oxygens (including phenoxy) is 1. The molecule has 0 saturated carbocycles. The summed E-state index contributed by atoms with van der Waals surface area (Å²) in [5, 5.41) is 11.7. The number of fused-ring (bicyclic) bond motifs is 2. The second-order valence-electron chi connectivity index (χ2n) is 4.84. The highest BCUT2D eigenvalue weighted by Crippen LogP contribution is 2.39. The molecule has 0 aromatic heterocycles. The maximum Gasteiger partial charge on any atom is 0.310 e. The molecule has 0 unspecified atom stereocenters. The van der Waals surface area contributed by atoms with Crippen molar-refractivity contribution in [1.82, 2.24) is 0 Å². The van der Waals surface area contributed by atoms with Gasteiger partial charge in [0.25, 0.3) is 0 Å². The van der Waals surface area contributed by atoms with E-state index in [1.807, 2.05) is 0 Å². The Morgan fingerprint density at radius 2 is 1.90 bits per heavy atom. The fourth-order valence-electron chi connectivity index (χ4n) is 2.71. The molecule has 6 heteroatoms. The predicted octanol–water partition coefficient (Wildman–Crippen LogP) is 1.42. The Hall–Kier alpha value is -2.21. The van der Waals surface area contributed by atoms with Crippen LogP contribution in [0.25, 0.3) is 0 Å². The average molecular weight is 277 g/mol. The first-order chi connectivity index (χ1) is 9.56. The van der Waals surface area contributed by atoms with Crippen LogP contribution in [0.5, 0.6) is 0 Å². The minimum atomic E-state index is -1.07. The molecule has 20 heavy (non-hydrogen) atoms. The third kappa shape index (κ3) is 2.08. The lowest BCUT2D eigenvalue weighted by Gasteiger charge is -2.20. The van der Waals surface area contributed by atoms with Gasteiger partial charge < -0.3 is 15.2 Å². The number of carbonyl (C=O) groups is 2. The maximum atomic E-state index is 13.1. The lowest BCUT2D eigenvalue weighted by molar-refractivity contribution is -0.145. The van der Waals surface area contributed by atoms with Gasteiger partial charge >= 0.3 is 5.97 Å². The summed E-state index contributed by atoms with van der Waals surface area (Å²) in [6, 6.07) is 5.45. The Morgan fingerprint density at radius 3 is 2.55 bits per heavy atom. The summed E-state index contributed by atoms with van der Waals surface area (Å²) in [4.78, 5) is 23.5. The van der Waals surface area contributed by atoms with E-state index in [-0.39, 0.29) is 0 Å². The summed E-state index contributed by atoms with van der Waals surface area (Å²) in [5.41, 5.74) is 0.297. The number of rotatable bonds is 3. The molecule has 1 amide bonds. The second kappa shape index (κ2) is 4.72. The summed E-state index contributed by atoms with van der Waals surface area (Å²) in [6.07, 6.45) is 2.26. The Balaban J connectivity index is 1.80. The van der Waals surface area contributed by atoms with Crippen LogP contribution in [0, 0.1) is 17.7 Å². The van der Waals surface area contributed by atoms with E-state index in [9.17, 15) is 19.1 Å². The largest absolute Gasteiger partial charge is 0.481 e. The van der Waals surface area contributed by atoms with Gasteiger partial charge in [-0.25, -0.2) is 4.39 Å². The van der Waals surface area contributed by atoms with E-state index in [1.165, 1.54) is 18.2 Å². The molecule has 5 nitrogen and oxygen atoms in total. The SMILES string of the molecule is O=C(O)[C@@H]1[C@@H](C(=O)Nc2cccc(F)c2)[C@H]2C=C[C@@H]1O2. The normalized spacial score (nSPS) is 30.4. The first-order valence-electron chi connectivity index (χ1n) is 6.19. The molecule has 4 atom stereocenters. The van der Waals surface area contributed by atoms with E-state index in [4.69, 9.17) is 4.74 Å². The highest BCUT2D eigenvalue weighted by molar-refractivity contribution is 5.96. The lowest BCUT2D eigenvalue weighted by Crippen LogP contribution is -2.39. The van der Waals surface area contributed by atoms with Crippen molar-refractivity contribution in [2.24, 2.45) is 11.8 Å². The van der Waals surface area contributed by atoms with Crippen molar-refractivity contribution in [1.29, 1.82) is 0 Å². The summed E-state index contributed by atoms with van der Waals surface area (Å²) < 4.78 is 18.5. The minimum Gasteiger partial charge on any atom is -0.481 e. The van der Waals surface area contributed by atoms with Crippen molar-refractivity contribution < 1.29 is 23.8 Å². The first-order valence-corrected chi connectivity index (χ1v) is 6.19. The molecule has 0 radical (unpaired) electrons. The number of aliphatic carboxylic acids is 1. The van der Waals surface area contributed by atoms with Gasteiger partial charge in [-0.1, -0.05) is 18.2 Å². The van der Waals surface area contributed by atoms with Crippen LogP contribution in [0.1, 0.15) is 0 Å². The number of carboxylic acid groups (broad SMARTS) is 1. The molecule has 2 N–H and O–H groups in total. The van der Waals surface area contributed by atoms with Gasteiger partial charge in [0.05, 0.1) is 18.1 Å². The molecular formula is C14H12FNO4. The van der Waals surface area contributed by atoms with Crippen molar-refractivity contribution in [2.75, 3.05) is 5.32 Å². The van der Waals surface area contributed by atoms with Crippen molar-refractivity contribution in [3.63, 3.8) is 0 Å². The van der Waals surface area contributed by atoms with Crippen molar-refractivity contribution in [3.8, 4) is 0 Å². The number of benzene rings is 1. The number of nitrogens with one attached hydrogen (secondary N) is 1. The maximum absolute atomic E-state index is 13.1. The number of hydrogen-bond acceptors (Lipinski definition) is 3. The van der Waals surface area contributed by atoms with Crippen LogP contribution < -0.4 is 5.32 Å². The molecule has 3 rings (SSSR count). The van der Waals surface area contributed by atoms with Crippen molar-refractivity contribution in [3.05, 3.63) is 42.2 Å². The number of amides is 1. The Bertz CT molecular complexity index is 601. The monoisotopic (exact) mass is 277 g/mol. The van der Waals surface area contributed by atoms with E-state index in [1.54, 1.807) is 18.2 Å². The molecule has 0 aliphatic carbocycles. The van der Waals surface area contributed by atoms with Gasteiger partial charge in [-0.2, -0.15) is 0 Å². The van der Waals surface area contributed by atoms with Crippen LogP contribution in [-0.2, 0) is 14.3 Å². The molecule has 1 aromatic carbocycles. The van der Waals surface area contributed by atoms with Crippen molar-refractivity contribution >= 4 is 17.6 Å². The van der Waals surface area contributed by atoms with E-state index < -0.39 is 41.7 Å². The zero-order valence-corrected chi connectivity index (χ0v) is 10.3. The van der Waals surface area contributed by atoms with Crippen LogP contribution in [0.15, 0.2) is 36.4 Å². The zero-order valence-electron chi connectivity index (χ0n) is 10.3. The number of carboxylic acids is 1. The van der Waals surface area contributed by atoms with Crippen LogP contribution >= 0.6 is 0 Å². The van der Waals surface area contributed by atoms with E-state index in [0.717, 1.165) is 0 Å². The average Bonchev–Trinajstić information content (AvgIpc) is 2.98. The molecule has 1 aromatic rings. The second-order valence-corrected chi connectivity index (χ2v) is 4.84. The molecule has 2 aliphatic rings. The lowest BCUT2D eigenvalue weighted by atomic mass is 9.82. The van der Waals surface area contributed by atoms with Crippen LogP contribution in [0.3, 0.4) is 0 Å². The molecule has 104 valence electrons. The number of halogens is 1. The van der Waals surface area contributed by atoms with Gasteiger partial charge in [0.15, 0.2) is 0 Å². The molecule has 0 spiro atoms. The smallest absolute Gasteiger partial charge is 0.310 e. The van der Waals surface area contributed by atoms with E-state index in [0.29, 0.717) is 5.69 Å². The highest BCUT2D eigenvalue weighted by atomic mass is 19.1. The standard InChI is InChI=1S/C14H12FNO4/c15-7-2-1-3-8(6-7)16-13(17)11-9-4-5-10(20-9)12(11)14(18)19/h1-6,9-12H,(H,16,17)(H,18,19)/t9-,10+,11+,12+/m1/s1. The van der Waals surface area contributed by atoms with Crippen LogP contribution in [0.4, 0.5) is 10.1 Å². The van der Waals surface area contributed by atoms with E-state index >= 15 is 0 Å². The third-order valence-electron chi connectivity index (χ3n) is 3.58. The Labute approximate surface area is 114 Å². The minimum absolute atomic E-state index is 0.297. The Kier molecular flexibility index (Phi) is 3.02. The number of carbonyl (C=O) groups excluding carboxylic acids is 1. The highest BCUT2D eigenvalue weighted by Gasteiger charge is 2.53. The van der Waals surface area contributed by atoms with Gasteiger partial charge in [0, 0.05) is 5.69 Å². The third-order valence-corrected chi connectivity index (χ3v) is 3.58. The van der Waals surface area contributed by atoms with Gasteiger partial charge in [-0.05, 0) is 18.2 Å².